The van der Waals surface area contributed by atoms with E-state index in [1.54, 1.807) is 6.26 Å². The molecule has 0 spiro atoms. The molecular weight excluding hydrogens is 288 g/mol. The Hall–Kier alpha value is -0.800. The predicted molar refractivity (Wildman–Crippen MR) is 89.1 cm³/mol. The monoisotopic (exact) mass is 318 g/mol. The summed E-state index contributed by atoms with van der Waals surface area (Å²) >= 11 is 0. The van der Waals surface area contributed by atoms with E-state index in [2.05, 4.69) is 33.8 Å². The standard InChI is InChI=1S/C20H30O3/c1-12-13-6-9-23-16(13)10-14-17(12)15(21)11-20(22)18(2,3)7-5-8-19(14,20)4/h6,9,12,14-15,17,21-22H,5,7-8,10-11H2,1-4H3. The highest BCUT2D eigenvalue weighted by atomic mass is 16.3. The van der Waals surface area contributed by atoms with Gasteiger partial charge in [0.15, 0.2) is 0 Å². The second-order valence-corrected chi connectivity index (χ2v) is 9.26. The number of aliphatic hydroxyl groups is 2. The fourth-order valence-electron chi connectivity index (χ4n) is 6.59. The fraction of sp³-hybridized carbons (Fsp3) is 0.800. The van der Waals surface area contributed by atoms with Crippen LogP contribution in [0.1, 0.15) is 70.6 Å². The van der Waals surface area contributed by atoms with Crippen molar-refractivity contribution < 1.29 is 14.6 Å². The van der Waals surface area contributed by atoms with Gasteiger partial charge in [-0.15, -0.1) is 0 Å². The molecule has 2 N–H and O–H groups in total. The molecule has 0 radical (unpaired) electrons. The molecule has 3 aliphatic carbocycles. The zero-order chi connectivity index (χ0) is 16.6. The van der Waals surface area contributed by atoms with E-state index in [9.17, 15) is 10.2 Å². The molecule has 3 heteroatoms. The minimum Gasteiger partial charge on any atom is -0.469 e. The fourth-order valence-corrected chi connectivity index (χ4v) is 6.59. The molecule has 0 amide bonds. The maximum Gasteiger partial charge on any atom is 0.107 e. The Morgan fingerprint density at radius 1 is 1.22 bits per heavy atom. The molecule has 3 aliphatic rings. The summed E-state index contributed by atoms with van der Waals surface area (Å²) < 4.78 is 5.76. The van der Waals surface area contributed by atoms with Crippen molar-refractivity contribution >= 4 is 0 Å². The van der Waals surface area contributed by atoms with Crippen LogP contribution in [-0.4, -0.2) is 21.9 Å². The lowest BCUT2D eigenvalue weighted by Gasteiger charge is -2.66. The largest absolute Gasteiger partial charge is 0.469 e. The van der Waals surface area contributed by atoms with Crippen LogP contribution in [-0.2, 0) is 6.42 Å². The van der Waals surface area contributed by atoms with Gasteiger partial charge in [0.1, 0.15) is 5.76 Å². The average Bonchev–Trinajstić information content (AvgIpc) is 2.92. The lowest BCUT2D eigenvalue weighted by Crippen LogP contribution is -2.69. The van der Waals surface area contributed by atoms with Crippen LogP contribution in [0.15, 0.2) is 16.7 Å². The second-order valence-electron chi connectivity index (χ2n) is 9.26. The number of fused-ring (bicyclic) bond motifs is 4. The number of rotatable bonds is 0. The summed E-state index contributed by atoms with van der Waals surface area (Å²) in [6, 6.07) is 2.07. The van der Waals surface area contributed by atoms with Crippen molar-refractivity contribution in [1.29, 1.82) is 0 Å². The summed E-state index contributed by atoms with van der Waals surface area (Å²) in [4.78, 5) is 0. The first kappa shape index (κ1) is 15.7. The van der Waals surface area contributed by atoms with E-state index in [-0.39, 0.29) is 22.7 Å². The van der Waals surface area contributed by atoms with Gasteiger partial charge < -0.3 is 14.6 Å². The van der Waals surface area contributed by atoms with Crippen LogP contribution in [0.2, 0.25) is 0 Å². The maximum atomic E-state index is 11.8. The van der Waals surface area contributed by atoms with Gasteiger partial charge >= 0.3 is 0 Å². The van der Waals surface area contributed by atoms with Crippen molar-refractivity contribution in [3.63, 3.8) is 0 Å². The summed E-state index contributed by atoms with van der Waals surface area (Å²) in [5.41, 5.74) is 0.146. The third kappa shape index (κ3) is 1.78. The van der Waals surface area contributed by atoms with Crippen LogP contribution < -0.4 is 0 Å². The van der Waals surface area contributed by atoms with Crippen molar-refractivity contribution in [3.8, 4) is 0 Å². The third-order valence-electron chi connectivity index (χ3n) is 8.05. The van der Waals surface area contributed by atoms with Gasteiger partial charge in [-0.05, 0) is 47.6 Å². The van der Waals surface area contributed by atoms with Crippen LogP contribution in [0.4, 0.5) is 0 Å². The molecule has 6 unspecified atom stereocenters. The molecule has 1 aromatic rings. The molecule has 6 atom stereocenters. The van der Waals surface area contributed by atoms with E-state index >= 15 is 0 Å². The van der Waals surface area contributed by atoms with Gasteiger partial charge in [0, 0.05) is 18.3 Å². The summed E-state index contributed by atoms with van der Waals surface area (Å²) in [5.74, 6) is 1.87. The van der Waals surface area contributed by atoms with E-state index < -0.39 is 11.7 Å². The Morgan fingerprint density at radius 2 is 1.96 bits per heavy atom. The van der Waals surface area contributed by atoms with E-state index in [0.29, 0.717) is 12.3 Å². The van der Waals surface area contributed by atoms with E-state index in [1.165, 1.54) is 5.56 Å². The van der Waals surface area contributed by atoms with Crippen LogP contribution in [0, 0.1) is 22.7 Å². The van der Waals surface area contributed by atoms with Crippen molar-refractivity contribution in [1.82, 2.24) is 0 Å². The maximum absolute atomic E-state index is 11.8. The Labute approximate surface area is 139 Å². The Kier molecular flexibility index (Phi) is 3.17. The molecule has 0 aliphatic heterocycles. The van der Waals surface area contributed by atoms with Crippen molar-refractivity contribution in [2.75, 3.05) is 0 Å². The SMILES string of the molecule is CC1c2ccoc2CC2C1C(O)CC1(O)C(C)(C)CCCC21C. The highest BCUT2D eigenvalue weighted by molar-refractivity contribution is 5.30. The minimum absolute atomic E-state index is 0.154. The lowest BCUT2D eigenvalue weighted by atomic mass is 9.41. The molecule has 0 aromatic carbocycles. The van der Waals surface area contributed by atoms with Gasteiger partial charge in [0.2, 0.25) is 0 Å². The number of furan rings is 1. The highest BCUT2D eigenvalue weighted by Crippen LogP contribution is 2.66. The molecule has 1 aromatic heterocycles. The Bertz CT molecular complexity index is 618. The number of aliphatic hydroxyl groups excluding tert-OH is 1. The van der Waals surface area contributed by atoms with E-state index in [4.69, 9.17) is 4.42 Å². The summed E-state index contributed by atoms with van der Waals surface area (Å²) in [7, 11) is 0. The third-order valence-corrected chi connectivity index (χ3v) is 8.05. The van der Waals surface area contributed by atoms with Gasteiger partial charge in [-0.2, -0.15) is 0 Å². The van der Waals surface area contributed by atoms with Crippen LogP contribution >= 0.6 is 0 Å². The average molecular weight is 318 g/mol. The zero-order valence-corrected chi connectivity index (χ0v) is 14.8. The second kappa shape index (κ2) is 4.64. The van der Waals surface area contributed by atoms with Gasteiger partial charge in [-0.3, -0.25) is 0 Å². The molecule has 0 saturated heterocycles. The number of hydrogen-bond acceptors (Lipinski definition) is 3. The van der Waals surface area contributed by atoms with E-state index in [0.717, 1.165) is 31.4 Å². The van der Waals surface area contributed by atoms with Crippen LogP contribution in [0.3, 0.4) is 0 Å². The molecule has 1 heterocycles. The van der Waals surface area contributed by atoms with Crippen LogP contribution in [0.25, 0.3) is 0 Å². The summed E-state index contributed by atoms with van der Waals surface area (Å²) in [6.07, 6.45) is 5.94. The molecule has 23 heavy (non-hydrogen) atoms. The van der Waals surface area contributed by atoms with E-state index in [1.807, 2.05) is 0 Å². The molecule has 0 bridgehead atoms. The van der Waals surface area contributed by atoms with Crippen molar-refractivity contribution in [2.24, 2.45) is 22.7 Å². The Morgan fingerprint density at radius 3 is 2.70 bits per heavy atom. The lowest BCUT2D eigenvalue weighted by molar-refractivity contribution is -0.263. The van der Waals surface area contributed by atoms with Crippen LogP contribution in [0.5, 0.6) is 0 Å². The summed E-state index contributed by atoms with van der Waals surface area (Å²) in [6.45, 7) is 8.86. The minimum atomic E-state index is -0.803. The van der Waals surface area contributed by atoms with Crippen molar-refractivity contribution in [3.05, 3.63) is 23.7 Å². The predicted octanol–water partition coefficient (Wildman–Crippen LogP) is 3.88. The van der Waals surface area contributed by atoms with Gasteiger partial charge in [-0.25, -0.2) is 0 Å². The molecule has 3 nitrogen and oxygen atoms in total. The topological polar surface area (TPSA) is 53.6 Å². The Balaban J connectivity index is 1.84. The first-order valence-corrected chi connectivity index (χ1v) is 9.18. The molecule has 2 saturated carbocycles. The molecule has 2 fully saturated rings. The first-order valence-electron chi connectivity index (χ1n) is 9.18. The van der Waals surface area contributed by atoms with Crippen molar-refractivity contribution in [2.45, 2.75) is 77.4 Å². The van der Waals surface area contributed by atoms with Gasteiger partial charge in [0.05, 0.1) is 18.0 Å². The summed E-state index contributed by atoms with van der Waals surface area (Å²) in [5, 5.41) is 22.8. The molecule has 128 valence electrons. The number of hydrogen-bond donors (Lipinski definition) is 2. The zero-order valence-electron chi connectivity index (χ0n) is 14.8. The first-order chi connectivity index (χ1) is 10.7. The normalized spacial score (nSPS) is 48.3. The van der Waals surface area contributed by atoms with Gasteiger partial charge in [-0.1, -0.05) is 34.1 Å². The molecule has 4 rings (SSSR count). The molecular formula is C20H30O3. The smallest absolute Gasteiger partial charge is 0.107 e. The van der Waals surface area contributed by atoms with Gasteiger partial charge in [0.25, 0.3) is 0 Å². The quantitative estimate of drug-likeness (QED) is 0.763. The highest BCUT2D eigenvalue weighted by Gasteiger charge is 2.67.